The van der Waals surface area contributed by atoms with E-state index in [0.29, 0.717) is 0 Å². The number of carbonyl (C=O) groups excluding carboxylic acids is 3. The molecule has 2 unspecified atom stereocenters. The number of nitrogens with one attached hydrogen (secondary N) is 3. The van der Waals surface area contributed by atoms with Crippen LogP contribution in [0.25, 0.3) is 10.4 Å². The summed E-state index contributed by atoms with van der Waals surface area (Å²) in [6, 6.07) is 6.11. The van der Waals surface area contributed by atoms with Crippen LogP contribution in [0.4, 0.5) is 0 Å². The third-order valence-corrected chi connectivity index (χ3v) is 11.2. The molecule has 0 bridgehead atoms. The molecule has 0 aliphatic carbocycles. The fourth-order valence-electron chi connectivity index (χ4n) is 7.39. The van der Waals surface area contributed by atoms with Gasteiger partial charge in [0.05, 0.1) is 34.8 Å². The third kappa shape index (κ3) is 9.19. The average Bonchev–Trinajstić information content (AvgIpc) is 3.66. The third-order valence-electron chi connectivity index (χ3n) is 10.3. The SMILES string of the molecule is Cc1ncsc1-c1ccc(C(C)NC(=O)[C@@H]2C[C@@H](O)CN2C(=O)C(NC(=O)CN2CCC(CC3CCNCC3)CC2)C(C)(C)C)cc1. The summed E-state index contributed by atoms with van der Waals surface area (Å²) < 4.78 is 0. The fourth-order valence-corrected chi connectivity index (χ4v) is 8.21. The summed E-state index contributed by atoms with van der Waals surface area (Å²) >= 11 is 1.60. The van der Waals surface area contributed by atoms with Crippen LogP contribution in [-0.4, -0.2) is 95.1 Å². The lowest BCUT2D eigenvalue weighted by atomic mass is 9.83. The molecule has 0 spiro atoms. The standard InChI is InChI=1S/C36H54N6O4S/c1-23(27-6-8-28(9-7-27)32-24(2)38-22-47-32)39-34(45)30-19-29(43)20-42(30)35(46)33(36(3,4)5)40-31(44)21-41-16-12-26(13-17-41)18-25-10-14-37-15-11-25/h6-9,22-23,25-26,29-30,33,37,43H,10-21H2,1-5H3,(H,39,45)(H,40,44)/t23?,29-,30+,33?/m1/s1. The van der Waals surface area contributed by atoms with E-state index in [2.05, 4.69) is 25.8 Å². The minimum absolute atomic E-state index is 0.0568. The quantitative estimate of drug-likeness (QED) is 0.303. The molecular formula is C36H54N6O4S. The van der Waals surface area contributed by atoms with Crippen molar-refractivity contribution in [3.8, 4) is 10.4 Å². The lowest BCUT2D eigenvalue weighted by molar-refractivity contribution is -0.144. The number of aliphatic hydroxyl groups excluding tert-OH is 1. The molecule has 0 saturated carbocycles. The van der Waals surface area contributed by atoms with Crippen LogP contribution in [0, 0.1) is 24.2 Å². The second kappa shape index (κ2) is 15.6. The van der Waals surface area contributed by atoms with Gasteiger partial charge in [-0.15, -0.1) is 11.3 Å². The lowest BCUT2D eigenvalue weighted by Crippen LogP contribution is -2.59. The first-order valence-corrected chi connectivity index (χ1v) is 18.3. The monoisotopic (exact) mass is 666 g/mol. The fraction of sp³-hybridized carbons (Fsp3) is 0.667. The van der Waals surface area contributed by atoms with E-state index in [9.17, 15) is 19.5 Å². The van der Waals surface area contributed by atoms with E-state index in [1.165, 1.54) is 24.2 Å². The highest BCUT2D eigenvalue weighted by molar-refractivity contribution is 7.13. The van der Waals surface area contributed by atoms with E-state index in [4.69, 9.17) is 0 Å². The minimum atomic E-state index is -0.826. The molecule has 2 aromatic rings. The summed E-state index contributed by atoms with van der Waals surface area (Å²) in [7, 11) is 0. The molecule has 3 aliphatic heterocycles. The number of β-amino-alcohol motifs (C(OH)–C–C–N with tert-alkyl or cyclic N) is 1. The maximum absolute atomic E-state index is 14.0. The Labute approximate surface area is 284 Å². The van der Waals surface area contributed by atoms with Gasteiger partial charge in [0.1, 0.15) is 12.1 Å². The number of benzene rings is 1. The Morgan fingerprint density at radius 1 is 1.04 bits per heavy atom. The molecule has 11 heteroatoms. The molecule has 47 heavy (non-hydrogen) atoms. The molecule has 3 saturated heterocycles. The number of aromatic nitrogens is 1. The van der Waals surface area contributed by atoms with Crippen molar-refractivity contribution in [2.24, 2.45) is 17.3 Å². The number of rotatable bonds is 10. The molecule has 3 amide bonds. The summed E-state index contributed by atoms with van der Waals surface area (Å²) in [6.07, 6.45) is 5.38. The Hall–Kier alpha value is -2.86. The average molecular weight is 667 g/mol. The summed E-state index contributed by atoms with van der Waals surface area (Å²) in [6.45, 7) is 14.0. The molecule has 1 aromatic heterocycles. The second-order valence-corrected chi connectivity index (χ2v) is 15.9. The number of likely N-dealkylation sites (tertiary alicyclic amines) is 2. The highest BCUT2D eigenvalue weighted by Crippen LogP contribution is 2.31. The Kier molecular flexibility index (Phi) is 11.7. The molecule has 4 atom stereocenters. The first-order valence-electron chi connectivity index (χ1n) is 17.4. The van der Waals surface area contributed by atoms with Gasteiger partial charge in [-0.2, -0.15) is 0 Å². The van der Waals surface area contributed by atoms with Gasteiger partial charge in [0.25, 0.3) is 0 Å². The van der Waals surface area contributed by atoms with Crippen molar-refractivity contribution in [2.75, 3.05) is 39.3 Å². The molecule has 1 aromatic carbocycles. The maximum atomic E-state index is 14.0. The molecule has 3 fully saturated rings. The van der Waals surface area contributed by atoms with Crippen LogP contribution in [0.5, 0.6) is 0 Å². The molecule has 0 radical (unpaired) electrons. The summed E-state index contributed by atoms with van der Waals surface area (Å²) in [5, 5.41) is 20.1. The van der Waals surface area contributed by atoms with Gasteiger partial charge in [-0.25, -0.2) is 4.98 Å². The van der Waals surface area contributed by atoms with Crippen molar-refractivity contribution in [2.45, 2.75) is 97.4 Å². The van der Waals surface area contributed by atoms with E-state index in [1.807, 2.05) is 64.4 Å². The first kappa shape index (κ1) is 35.4. The van der Waals surface area contributed by atoms with Gasteiger partial charge in [-0.3, -0.25) is 19.3 Å². The number of thiazole rings is 1. The van der Waals surface area contributed by atoms with E-state index in [-0.39, 0.29) is 43.3 Å². The van der Waals surface area contributed by atoms with Crippen molar-refractivity contribution in [1.82, 2.24) is 30.7 Å². The molecule has 258 valence electrons. The Morgan fingerprint density at radius 3 is 2.32 bits per heavy atom. The highest BCUT2D eigenvalue weighted by atomic mass is 32.1. The van der Waals surface area contributed by atoms with E-state index in [1.54, 1.807) is 11.3 Å². The van der Waals surface area contributed by atoms with Crippen LogP contribution in [0.15, 0.2) is 29.8 Å². The zero-order chi connectivity index (χ0) is 33.7. The Balaban J connectivity index is 1.16. The smallest absolute Gasteiger partial charge is 0.246 e. The van der Waals surface area contributed by atoms with Crippen LogP contribution in [0.1, 0.15) is 83.5 Å². The number of hydrogen-bond acceptors (Lipinski definition) is 8. The molecular weight excluding hydrogens is 613 g/mol. The van der Waals surface area contributed by atoms with Crippen molar-refractivity contribution in [3.63, 3.8) is 0 Å². The molecule has 4 N–H and O–H groups in total. The molecule has 3 aliphatic rings. The second-order valence-electron chi connectivity index (χ2n) is 15.0. The number of amides is 3. The maximum Gasteiger partial charge on any atom is 0.246 e. The van der Waals surface area contributed by atoms with Crippen molar-refractivity contribution in [1.29, 1.82) is 0 Å². The summed E-state index contributed by atoms with van der Waals surface area (Å²) in [4.78, 5) is 50.1. The lowest BCUT2D eigenvalue weighted by Gasteiger charge is -2.37. The van der Waals surface area contributed by atoms with Gasteiger partial charge in [0, 0.05) is 13.0 Å². The van der Waals surface area contributed by atoms with Gasteiger partial charge in [-0.1, -0.05) is 45.0 Å². The van der Waals surface area contributed by atoms with Crippen molar-refractivity contribution < 1.29 is 19.5 Å². The van der Waals surface area contributed by atoms with Gasteiger partial charge >= 0.3 is 0 Å². The van der Waals surface area contributed by atoms with Gasteiger partial charge < -0.3 is 26.0 Å². The normalized spacial score (nSPS) is 23.0. The zero-order valence-electron chi connectivity index (χ0n) is 28.8. The number of nitrogens with zero attached hydrogens (tertiary/aromatic N) is 3. The van der Waals surface area contributed by atoms with Crippen LogP contribution in [0.2, 0.25) is 0 Å². The number of aliphatic hydroxyl groups is 1. The zero-order valence-corrected chi connectivity index (χ0v) is 29.6. The molecule has 4 heterocycles. The van der Waals surface area contributed by atoms with Gasteiger partial charge in [0.2, 0.25) is 17.7 Å². The number of aryl methyl sites for hydroxylation is 1. The molecule has 10 nitrogen and oxygen atoms in total. The summed E-state index contributed by atoms with van der Waals surface area (Å²) in [5.74, 6) is 0.720. The predicted octanol–water partition coefficient (Wildman–Crippen LogP) is 3.89. The Bertz CT molecular complexity index is 1360. The van der Waals surface area contributed by atoms with Crippen molar-refractivity contribution in [3.05, 3.63) is 41.0 Å². The van der Waals surface area contributed by atoms with Crippen LogP contribution < -0.4 is 16.0 Å². The van der Waals surface area contributed by atoms with Crippen LogP contribution >= 0.6 is 11.3 Å². The topological polar surface area (TPSA) is 127 Å². The molecule has 5 rings (SSSR count). The Morgan fingerprint density at radius 2 is 1.70 bits per heavy atom. The largest absolute Gasteiger partial charge is 0.391 e. The van der Waals surface area contributed by atoms with Crippen LogP contribution in [-0.2, 0) is 14.4 Å². The van der Waals surface area contributed by atoms with Crippen LogP contribution in [0.3, 0.4) is 0 Å². The van der Waals surface area contributed by atoms with E-state index < -0.39 is 23.6 Å². The predicted molar refractivity (Wildman–Crippen MR) is 186 cm³/mol. The first-order chi connectivity index (χ1) is 22.4. The van der Waals surface area contributed by atoms with Crippen molar-refractivity contribution >= 4 is 29.1 Å². The van der Waals surface area contributed by atoms with Gasteiger partial charge in [-0.05, 0) is 101 Å². The number of carbonyl (C=O) groups is 3. The summed E-state index contributed by atoms with van der Waals surface area (Å²) in [5.41, 5.74) is 4.25. The van der Waals surface area contributed by atoms with E-state index in [0.717, 1.165) is 72.6 Å². The number of piperidine rings is 2. The highest BCUT2D eigenvalue weighted by Gasteiger charge is 2.44. The van der Waals surface area contributed by atoms with E-state index >= 15 is 0 Å². The minimum Gasteiger partial charge on any atom is -0.391 e. The number of hydrogen-bond donors (Lipinski definition) is 4. The van der Waals surface area contributed by atoms with Gasteiger partial charge in [0.15, 0.2) is 0 Å².